The van der Waals surface area contributed by atoms with E-state index in [9.17, 15) is 18.8 Å². The van der Waals surface area contributed by atoms with Gasteiger partial charge in [0.2, 0.25) is 0 Å². The van der Waals surface area contributed by atoms with Crippen molar-refractivity contribution in [1.82, 2.24) is 9.88 Å². The van der Waals surface area contributed by atoms with Gasteiger partial charge in [-0.2, -0.15) is 0 Å². The van der Waals surface area contributed by atoms with Gasteiger partial charge in [-0.3, -0.25) is 14.9 Å². The number of hydrogen-bond donors (Lipinski definition) is 1. The van der Waals surface area contributed by atoms with Gasteiger partial charge in [-0.25, -0.2) is 14.1 Å². The third-order valence-electron chi connectivity index (χ3n) is 5.04. The molecule has 6 nitrogen and oxygen atoms in total. The Labute approximate surface area is 191 Å². The predicted molar refractivity (Wildman–Crippen MR) is 123 cm³/mol. The second kappa shape index (κ2) is 8.10. The molecule has 0 saturated carbocycles. The number of anilines is 1. The standard InChI is InChI=1S/C23H17FIN3O3/c1-13-11-15(14(2)27(13)18-7-3-16(24)4-8-18)12-20-21(29)26-23(31)28(22(20)30)19-9-5-17(25)6-10-19/h3-12H,1-2H3,(H,26,29,31). The largest absolute Gasteiger partial charge is 0.335 e. The molecule has 4 rings (SSSR count). The summed E-state index contributed by atoms with van der Waals surface area (Å²) in [5, 5.41) is 2.23. The Kier molecular flexibility index (Phi) is 5.48. The fraction of sp³-hybridized carbons (Fsp3) is 0.0870. The lowest BCUT2D eigenvalue weighted by Gasteiger charge is -2.26. The minimum Gasteiger partial charge on any atom is -0.318 e. The summed E-state index contributed by atoms with van der Waals surface area (Å²) in [5.41, 5.74) is 3.27. The SMILES string of the molecule is Cc1cc(C=C2C(=O)NC(=O)N(c3ccc(I)cc3)C2=O)c(C)n1-c1ccc(F)cc1. The molecule has 1 fully saturated rings. The van der Waals surface area contributed by atoms with E-state index in [2.05, 4.69) is 27.9 Å². The van der Waals surface area contributed by atoms with E-state index in [0.29, 0.717) is 11.3 Å². The van der Waals surface area contributed by atoms with Crippen molar-refractivity contribution in [3.63, 3.8) is 0 Å². The number of aromatic nitrogens is 1. The van der Waals surface area contributed by atoms with Gasteiger partial charge in [0, 0.05) is 20.6 Å². The first-order valence-electron chi connectivity index (χ1n) is 9.38. The summed E-state index contributed by atoms with van der Waals surface area (Å²) in [4.78, 5) is 38.8. The molecule has 1 aliphatic heterocycles. The maximum atomic E-state index is 13.3. The lowest BCUT2D eigenvalue weighted by molar-refractivity contribution is -0.122. The molecule has 1 N–H and O–H groups in total. The molecule has 1 saturated heterocycles. The Morgan fingerprint density at radius 1 is 0.935 bits per heavy atom. The van der Waals surface area contributed by atoms with E-state index >= 15 is 0 Å². The molecule has 0 atom stereocenters. The molecular formula is C23H17FIN3O3. The number of aryl methyl sites for hydroxylation is 1. The van der Waals surface area contributed by atoms with Crippen molar-refractivity contribution in [3.8, 4) is 5.69 Å². The fourth-order valence-corrected chi connectivity index (χ4v) is 3.92. The van der Waals surface area contributed by atoms with Gasteiger partial charge in [0.1, 0.15) is 11.4 Å². The average Bonchev–Trinajstić information content (AvgIpc) is 3.00. The number of imide groups is 2. The van der Waals surface area contributed by atoms with Gasteiger partial charge in [0.15, 0.2) is 0 Å². The second-order valence-corrected chi connectivity index (χ2v) is 8.32. The van der Waals surface area contributed by atoms with E-state index in [1.807, 2.05) is 24.5 Å². The normalized spacial score (nSPS) is 15.5. The van der Waals surface area contributed by atoms with Crippen LogP contribution < -0.4 is 10.2 Å². The molecule has 0 aliphatic carbocycles. The van der Waals surface area contributed by atoms with E-state index in [-0.39, 0.29) is 11.4 Å². The van der Waals surface area contributed by atoms with Crippen molar-refractivity contribution in [2.24, 2.45) is 0 Å². The molecule has 4 amide bonds. The van der Waals surface area contributed by atoms with Crippen molar-refractivity contribution < 1.29 is 18.8 Å². The Balaban J connectivity index is 1.75. The van der Waals surface area contributed by atoms with Gasteiger partial charge in [-0.1, -0.05) is 0 Å². The number of nitrogens with zero attached hydrogens (tertiary/aromatic N) is 2. The fourth-order valence-electron chi connectivity index (χ4n) is 3.56. The van der Waals surface area contributed by atoms with E-state index in [0.717, 1.165) is 25.5 Å². The van der Waals surface area contributed by atoms with Gasteiger partial charge in [0.25, 0.3) is 11.8 Å². The Morgan fingerprint density at radius 3 is 2.19 bits per heavy atom. The van der Waals surface area contributed by atoms with Crippen LogP contribution in [0.3, 0.4) is 0 Å². The number of carbonyl (C=O) groups is 3. The van der Waals surface area contributed by atoms with Crippen LogP contribution in [-0.4, -0.2) is 22.4 Å². The van der Waals surface area contributed by atoms with E-state index in [4.69, 9.17) is 0 Å². The minimum absolute atomic E-state index is 0.141. The van der Waals surface area contributed by atoms with Crippen LogP contribution in [0.25, 0.3) is 11.8 Å². The average molecular weight is 529 g/mol. The maximum absolute atomic E-state index is 13.3. The number of hydrogen-bond acceptors (Lipinski definition) is 3. The molecule has 1 aliphatic rings. The number of barbiturate groups is 1. The van der Waals surface area contributed by atoms with Gasteiger partial charge in [-0.15, -0.1) is 0 Å². The smallest absolute Gasteiger partial charge is 0.318 e. The second-order valence-electron chi connectivity index (χ2n) is 7.07. The zero-order valence-corrected chi connectivity index (χ0v) is 18.8. The van der Waals surface area contributed by atoms with E-state index in [1.165, 1.54) is 18.2 Å². The van der Waals surface area contributed by atoms with Crippen LogP contribution in [0.4, 0.5) is 14.9 Å². The van der Waals surface area contributed by atoms with Crippen LogP contribution in [0.2, 0.25) is 0 Å². The zero-order chi connectivity index (χ0) is 22.3. The number of nitrogens with one attached hydrogen (secondary N) is 1. The predicted octanol–water partition coefficient (Wildman–Crippen LogP) is 4.50. The monoisotopic (exact) mass is 529 g/mol. The van der Waals surface area contributed by atoms with Crippen LogP contribution in [0.5, 0.6) is 0 Å². The highest BCUT2D eigenvalue weighted by atomic mass is 127. The molecule has 0 spiro atoms. The Hall–Kier alpha value is -3.27. The summed E-state index contributed by atoms with van der Waals surface area (Å²) in [7, 11) is 0. The van der Waals surface area contributed by atoms with Crippen LogP contribution in [0, 0.1) is 23.2 Å². The number of halogens is 2. The van der Waals surface area contributed by atoms with E-state index in [1.54, 1.807) is 36.4 Å². The Bertz CT molecular complexity index is 1240. The van der Waals surface area contributed by atoms with Gasteiger partial charge in [0.05, 0.1) is 5.69 Å². The summed E-state index contributed by atoms with van der Waals surface area (Å²) in [5.74, 6) is -1.77. The lowest BCUT2D eigenvalue weighted by Crippen LogP contribution is -2.54. The zero-order valence-electron chi connectivity index (χ0n) is 16.6. The molecule has 1 aromatic heterocycles. The molecule has 156 valence electrons. The maximum Gasteiger partial charge on any atom is 0.335 e. The van der Waals surface area contributed by atoms with Crippen LogP contribution in [0.1, 0.15) is 17.0 Å². The summed E-state index contributed by atoms with van der Waals surface area (Å²) in [6, 6.07) is 13.9. The molecule has 2 aromatic carbocycles. The molecular weight excluding hydrogens is 512 g/mol. The number of rotatable bonds is 3. The Morgan fingerprint density at radius 2 is 1.55 bits per heavy atom. The van der Waals surface area contributed by atoms with Crippen molar-refractivity contribution in [1.29, 1.82) is 0 Å². The summed E-state index contributed by atoms with van der Waals surface area (Å²) in [6.45, 7) is 3.72. The number of benzene rings is 2. The summed E-state index contributed by atoms with van der Waals surface area (Å²) in [6.07, 6.45) is 1.48. The third-order valence-corrected chi connectivity index (χ3v) is 5.76. The first kappa shape index (κ1) is 21.0. The lowest BCUT2D eigenvalue weighted by atomic mass is 10.1. The van der Waals surface area contributed by atoms with Crippen LogP contribution in [0.15, 0.2) is 60.2 Å². The van der Waals surface area contributed by atoms with Gasteiger partial charge < -0.3 is 4.57 Å². The molecule has 2 heterocycles. The summed E-state index contributed by atoms with van der Waals surface area (Å²) < 4.78 is 16.2. The quantitative estimate of drug-likeness (QED) is 0.309. The first-order valence-corrected chi connectivity index (χ1v) is 10.5. The van der Waals surface area contributed by atoms with Crippen molar-refractivity contribution >= 4 is 52.2 Å². The third kappa shape index (κ3) is 3.90. The van der Waals surface area contributed by atoms with E-state index < -0.39 is 17.8 Å². The molecule has 0 bridgehead atoms. The van der Waals surface area contributed by atoms with Crippen molar-refractivity contribution in [2.45, 2.75) is 13.8 Å². The van der Waals surface area contributed by atoms with Crippen LogP contribution in [-0.2, 0) is 9.59 Å². The topological polar surface area (TPSA) is 71.4 Å². The molecule has 3 aromatic rings. The molecule has 0 unspecified atom stereocenters. The molecule has 8 heteroatoms. The number of carbonyl (C=O) groups excluding carboxylic acids is 3. The summed E-state index contributed by atoms with van der Waals surface area (Å²) >= 11 is 2.12. The number of urea groups is 1. The van der Waals surface area contributed by atoms with Gasteiger partial charge >= 0.3 is 6.03 Å². The molecule has 0 radical (unpaired) electrons. The highest BCUT2D eigenvalue weighted by molar-refractivity contribution is 14.1. The van der Waals surface area contributed by atoms with Crippen molar-refractivity contribution in [2.75, 3.05) is 4.90 Å². The van der Waals surface area contributed by atoms with Crippen LogP contribution >= 0.6 is 22.6 Å². The highest BCUT2D eigenvalue weighted by Crippen LogP contribution is 2.26. The number of amides is 4. The minimum atomic E-state index is -0.787. The molecule has 31 heavy (non-hydrogen) atoms. The van der Waals surface area contributed by atoms with Gasteiger partial charge in [-0.05, 0) is 103 Å². The first-order chi connectivity index (χ1) is 14.8. The van der Waals surface area contributed by atoms with Crippen molar-refractivity contribution in [3.05, 3.63) is 86.5 Å². The highest BCUT2D eigenvalue weighted by Gasteiger charge is 2.37.